The molecule has 0 unspecified atom stereocenters. The molecule has 152 valence electrons. The SMILES string of the molecule is C=C1C(=O)O[C@@H]2/C=C(/C)CC/C=C(/COC(C)=O)C[C@@H](OC(=O)/C(C)=C\C)[C@@H]12. The van der Waals surface area contributed by atoms with Crippen molar-refractivity contribution in [2.45, 2.75) is 59.2 Å². The van der Waals surface area contributed by atoms with Gasteiger partial charge in [-0.05, 0) is 45.3 Å². The van der Waals surface area contributed by atoms with E-state index in [0.717, 1.165) is 24.0 Å². The average Bonchev–Trinajstić information content (AvgIpc) is 2.91. The van der Waals surface area contributed by atoms with Crippen molar-refractivity contribution >= 4 is 17.9 Å². The van der Waals surface area contributed by atoms with Crippen LogP contribution in [0.2, 0.25) is 0 Å². The van der Waals surface area contributed by atoms with E-state index in [1.165, 1.54) is 6.92 Å². The first-order valence-electron chi connectivity index (χ1n) is 9.45. The maximum Gasteiger partial charge on any atom is 0.334 e. The van der Waals surface area contributed by atoms with E-state index in [9.17, 15) is 14.4 Å². The van der Waals surface area contributed by atoms with Crippen LogP contribution in [-0.2, 0) is 28.6 Å². The van der Waals surface area contributed by atoms with Gasteiger partial charge in [0, 0.05) is 24.5 Å². The Morgan fingerprint density at radius 2 is 2.07 bits per heavy atom. The molecule has 0 saturated carbocycles. The minimum Gasteiger partial charge on any atom is -0.461 e. The van der Waals surface area contributed by atoms with Crippen LogP contribution in [0.1, 0.15) is 47.0 Å². The first-order chi connectivity index (χ1) is 13.2. The molecular formula is C22H28O6. The van der Waals surface area contributed by atoms with Crippen molar-refractivity contribution in [3.05, 3.63) is 47.1 Å². The van der Waals surface area contributed by atoms with E-state index >= 15 is 0 Å². The molecule has 0 aromatic rings. The molecule has 2 aliphatic rings. The maximum atomic E-state index is 12.4. The van der Waals surface area contributed by atoms with Crippen LogP contribution in [0.4, 0.5) is 0 Å². The Bertz CT molecular complexity index is 755. The molecule has 6 heteroatoms. The van der Waals surface area contributed by atoms with Crippen molar-refractivity contribution in [3.8, 4) is 0 Å². The van der Waals surface area contributed by atoms with Gasteiger partial charge in [-0.25, -0.2) is 9.59 Å². The first-order valence-corrected chi connectivity index (χ1v) is 9.45. The summed E-state index contributed by atoms with van der Waals surface area (Å²) in [4.78, 5) is 35.9. The molecule has 0 aromatic heterocycles. The van der Waals surface area contributed by atoms with E-state index in [-0.39, 0.29) is 18.1 Å². The summed E-state index contributed by atoms with van der Waals surface area (Å²) >= 11 is 0. The number of allylic oxidation sites excluding steroid dienone is 3. The molecular weight excluding hydrogens is 360 g/mol. The molecule has 0 radical (unpaired) electrons. The van der Waals surface area contributed by atoms with Gasteiger partial charge in [0.1, 0.15) is 18.8 Å². The van der Waals surface area contributed by atoms with Crippen LogP contribution >= 0.6 is 0 Å². The molecule has 0 bridgehead atoms. The quantitative estimate of drug-likeness (QED) is 0.317. The molecule has 6 nitrogen and oxygen atoms in total. The van der Waals surface area contributed by atoms with Crippen LogP contribution in [0, 0.1) is 5.92 Å². The molecule has 0 aromatic carbocycles. The highest BCUT2D eigenvalue weighted by atomic mass is 16.6. The number of esters is 3. The fraction of sp³-hybridized carbons (Fsp3) is 0.500. The number of rotatable bonds is 4. The number of hydrogen-bond acceptors (Lipinski definition) is 6. The third kappa shape index (κ3) is 5.44. The Morgan fingerprint density at radius 1 is 1.36 bits per heavy atom. The number of fused-ring (bicyclic) bond motifs is 1. The summed E-state index contributed by atoms with van der Waals surface area (Å²) in [5.41, 5.74) is 2.67. The van der Waals surface area contributed by atoms with Crippen molar-refractivity contribution in [3.63, 3.8) is 0 Å². The zero-order valence-corrected chi connectivity index (χ0v) is 16.9. The Balaban J connectivity index is 2.40. The van der Waals surface area contributed by atoms with Crippen molar-refractivity contribution in [1.82, 2.24) is 0 Å². The fourth-order valence-corrected chi connectivity index (χ4v) is 3.29. The maximum absolute atomic E-state index is 12.4. The van der Waals surface area contributed by atoms with Crippen molar-refractivity contribution < 1.29 is 28.6 Å². The van der Waals surface area contributed by atoms with Gasteiger partial charge >= 0.3 is 17.9 Å². The lowest BCUT2D eigenvalue weighted by atomic mass is 9.85. The minimum absolute atomic E-state index is 0.118. The molecule has 1 aliphatic heterocycles. The van der Waals surface area contributed by atoms with E-state index in [4.69, 9.17) is 14.2 Å². The summed E-state index contributed by atoms with van der Waals surface area (Å²) in [6.45, 7) is 10.7. The second-order valence-corrected chi connectivity index (χ2v) is 7.23. The van der Waals surface area contributed by atoms with E-state index in [0.29, 0.717) is 12.0 Å². The first kappa shape index (κ1) is 21.7. The summed E-state index contributed by atoms with van der Waals surface area (Å²) in [7, 11) is 0. The van der Waals surface area contributed by atoms with E-state index in [2.05, 4.69) is 6.58 Å². The molecule has 1 fully saturated rings. The summed E-state index contributed by atoms with van der Waals surface area (Å²) in [5, 5.41) is 0. The normalized spacial score (nSPS) is 29.6. The van der Waals surface area contributed by atoms with Gasteiger partial charge in [0.15, 0.2) is 0 Å². The number of carbonyl (C=O) groups is 3. The van der Waals surface area contributed by atoms with Gasteiger partial charge in [-0.1, -0.05) is 24.3 Å². The monoisotopic (exact) mass is 388 g/mol. The van der Waals surface area contributed by atoms with Crippen LogP contribution in [-0.4, -0.2) is 36.7 Å². The fourth-order valence-electron chi connectivity index (χ4n) is 3.29. The molecule has 3 atom stereocenters. The smallest absolute Gasteiger partial charge is 0.334 e. The van der Waals surface area contributed by atoms with Gasteiger partial charge in [-0.2, -0.15) is 0 Å². The molecule has 1 saturated heterocycles. The van der Waals surface area contributed by atoms with E-state index < -0.39 is 30.1 Å². The van der Waals surface area contributed by atoms with Crippen LogP contribution in [0.25, 0.3) is 0 Å². The van der Waals surface area contributed by atoms with Crippen LogP contribution in [0.15, 0.2) is 47.1 Å². The molecule has 0 spiro atoms. The standard InChI is InChI=1S/C22H28O6/c1-6-14(3)21(24)27-19-11-17(12-26-16(5)23)9-7-8-13(2)10-18-20(19)15(4)22(25)28-18/h6,9-10,18-20H,4,7-8,11-12H2,1-3,5H3/b13-10-,14-6-,17-9+/t18-,19-,20+/m1/s1. The van der Waals surface area contributed by atoms with Gasteiger partial charge in [0.05, 0.1) is 5.92 Å². The Morgan fingerprint density at radius 3 is 2.71 bits per heavy atom. The third-order valence-corrected chi connectivity index (χ3v) is 5.02. The lowest BCUT2D eigenvalue weighted by Gasteiger charge is -2.28. The highest BCUT2D eigenvalue weighted by Gasteiger charge is 2.44. The number of ether oxygens (including phenoxy) is 3. The average molecular weight is 388 g/mol. The van der Waals surface area contributed by atoms with Crippen molar-refractivity contribution in [2.24, 2.45) is 5.92 Å². The van der Waals surface area contributed by atoms with Crippen LogP contribution < -0.4 is 0 Å². The van der Waals surface area contributed by atoms with Gasteiger partial charge in [-0.3, -0.25) is 4.79 Å². The largest absolute Gasteiger partial charge is 0.461 e. The van der Waals surface area contributed by atoms with Crippen LogP contribution in [0.5, 0.6) is 0 Å². The number of hydrogen-bond donors (Lipinski definition) is 0. The highest BCUT2D eigenvalue weighted by molar-refractivity contribution is 5.92. The van der Waals surface area contributed by atoms with Crippen molar-refractivity contribution in [2.75, 3.05) is 6.61 Å². The van der Waals surface area contributed by atoms with Gasteiger partial charge in [0.2, 0.25) is 0 Å². The summed E-state index contributed by atoms with van der Waals surface area (Å²) in [6, 6.07) is 0. The minimum atomic E-state index is -0.657. The topological polar surface area (TPSA) is 78.9 Å². The lowest BCUT2D eigenvalue weighted by molar-refractivity contribution is -0.148. The Kier molecular flexibility index (Phi) is 7.38. The second-order valence-electron chi connectivity index (χ2n) is 7.23. The molecule has 1 aliphatic carbocycles. The molecule has 2 rings (SSSR count). The highest BCUT2D eigenvalue weighted by Crippen LogP contribution is 2.36. The van der Waals surface area contributed by atoms with Gasteiger partial charge < -0.3 is 14.2 Å². The Labute approximate surface area is 165 Å². The van der Waals surface area contributed by atoms with E-state index in [1.807, 2.05) is 19.1 Å². The summed E-state index contributed by atoms with van der Waals surface area (Å²) < 4.78 is 16.4. The van der Waals surface area contributed by atoms with Crippen LogP contribution in [0.3, 0.4) is 0 Å². The van der Waals surface area contributed by atoms with Gasteiger partial charge in [0.25, 0.3) is 0 Å². The molecule has 1 heterocycles. The predicted molar refractivity (Wildman–Crippen MR) is 104 cm³/mol. The lowest BCUT2D eigenvalue weighted by Crippen LogP contribution is -2.34. The summed E-state index contributed by atoms with van der Waals surface area (Å²) in [6.07, 6.45) is 6.27. The van der Waals surface area contributed by atoms with Crippen molar-refractivity contribution in [1.29, 1.82) is 0 Å². The second kappa shape index (κ2) is 9.53. The zero-order valence-electron chi connectivity index (χ0n) is 16.9. The third-order valence-electron chi connectivity index (χ3n) is 5.02. The molecule has 0 N–H and O–H groups in total. The van der Waals surface area contributed by atoms with Gasteiger partial charge in [-0.15, -0.1) is 0 Å². The van der Waals surface area contributed by atoms with E-state index in [1.54, 1.807) is 19.9 Å². The molecule has 28 heavy (non-hydrogen) atoms. The molecule has 0 amide bonds. The number of carbonyl (C=O) groups excluding carboxylic acids is 3. The Hall–Kier alpha value is -2.63. The summed E-state index contributed by atoms with van der Waals surface area (Å²) in [5.74, 6) is -1.81. The predicted octanol–water partition coefficient (Wildman–Crippen LogP) is 3.58. The zero-order chi connectivity index (χ0) is 20.8.